The second-order valence-electron chi connectivity index (χ2n) is 7.35. The first-order chi connectivity index (χ1) is 15.5. The molecule has 2 aromatic carbocycles. The lowest BCUT2D eigenvalue weighted by Crippen LogP contribution is -2.32. The van der Waals surface area contributed by atoms with Gasteiger partial charge in [0, 0.05) is 24.9 Å². The van der Waals surface area contributed by atoms with Gasteiger partial charge in [-0.15, -0.1) is 0 Å². The van der Waals surface area contributed by atoms with Gasteiger partial charge in [0.2, 0.25) is 5.91 Å². The van der Waals surface area contributed by atoms with Gasteiger partial charge in [0.1, 0.15) is 12.6 Å². The fraction of sp³-hybridized carbons (Fsp3) is 0.167. The van der Waals surface area contributed by atoms with Gasteiger partial charge in [-0.05, 0) is 29.3 Å². The molecule has 3 amide bonds. The van der Waals surface area contributed by atoms with E-state index in [0.29, 0.717) is 12.3 Å². The number of amides is 3. The molecular formula is C24H22N4O4. The Kier molecular flexibility index (Phi) is 5.85. The first-order valence-electron chi connectivity index (χ1n) is 10.1. The quantitative estimate of drug-likeness (QED) is 0.204. The lowest BCUT2D eigenvalue weighted by atomic mass is 10.0. The van der Waals surface area contributed by atoms with E-state index in [9.17, 15) is 14.4 Å². The molecule has 4 rings (SSSR count). The van der Waals surface area contributed by atoms with Crippen molar-refractivity contribution in [2.75, 3.05) is 11.5 Å². The van der Waals surface area contributed by atoms with E-state index in [0.717, 1.165) is 26.9 Å². The highest BCUT2D eigenvalue weighted by Gasteiger charge is 2.39. The van der Waals surface area contributed by atoms with E-state index < -0.39 is 12.1 Å². The minimum atomic E-state index is -0.720. The highest BCUT2D eigenvalue weighted by Crippen LogP contribution is 2.26. The Hall–Kier alpha value is -4.20. The molecule has 8 nitrogen and oxygen atoms in total. The normalized spacial score (nSPS) is 16.0. The summed E-state index contributed by atoms with van der Waals surface area (Å²) in [6.45, 7) is 5.34. The maximum absolute atomic E-state index is 13.0. The summed E-state index contributed by atoms with van der Waals surface area (Å²) in [6.07, 6.45) is 5.14. The number of anilines is 1. The molecule has 0 aliphatic carbocycles. The number of hydrogen-bond acceptors (Lipinski definition) is 5. The van der Waals surface area contributed by atoms with E-state index in [1.807, 2.05) is 24.3 Å². The second kappa shape index (κ2) is 8.89. The summed E-state index contributed by atoms with van der Waals surface area (Å²) < 4.78 is 1.56. The third-order valence-electron chi connectivity index (χ3n) is 5.20. The Morgan fingerprint density at radius 3 is 2.66 bits per heavy atom. The van der Waals surface area contributed by atoms with Crippen LogP contribution in [0.2, 0.25) is 0 Å². The number of nitrogens with one attached hydrogen (secondary N) is 1. The first-order valence-corrected chi connectivity index (χ1v) is 10.1. The molecule has 162 valence electrons. The number of carbonyl (C=O) groups is 3. The largest absolute Gasteiger partial charge is 0.392 e. The highest BCUT2D eigenvalue weighted by atomic mass is 16.6. The fourth-order valence-corrected chi connectivity index (χ4v) is 3.71. The van der Waals surface area contributed by atoms with Crippen molar-refractivity contribution in [1.29, 1.82) is 0 Å². The molecule has 1 saturated heterocycles. The van der Waals surface area contributed by atoms with Crippen LogP contribution in [0.4, 0.5) is 10.5 Å². The van der Waals surface area contributed by atoms with Gasteiger partial charge in [0.25, 0.3) is 5.91 Å². The Labute approximate surface area is 184 Å². The van der Waals surface area contributed by atoms with E-state index in [1.165, 1.54) is 13.1 Å². The molecule has 0 spiro atoms. The van der Waals surface area contributed by atoms with Crippen molar-refractivity contribution >= 4 is 40.7 Å². The molecule has 1 N–H and O–H groups in total. The number of urea groups is 1. The summed E-state index contributed by atoms with van der Waals surface area (Å²) in [5.41, 5.74) is 2.82. The summed E-state index contributed by atoms with van der Waals surface area (Å²) in [6, 6.07) is 13.1. The number of imide groups is 1. The van der Waals surface area contributed by atoms with E-state index >= 15 is 0 Å². The molecule has 0 saturated carbocycles. The molecule has 1 fully saturated rings. The number of benzene rings is 2. The number of carbonyl (C=O) groups excluding carboxylic acids is 3. The first kappa shape index (κ1) is 21.0. The molecule has 1 unspecified atom stereocenters. The Balaban J connectivity index is 1.53. The zero-order valence-electron chi connectivity index (χ0n) is 17.5. The van der Waals surface area contributed by atoms with Crippen LogP contribution >= 0.6 is 0 Å². The lowest BCUT2D eigenvalue weighted by Gasteiger charge is -2.13. The standard InChI is InChI=1S/C24H22N4O4/c1-3-12-32-25-14-17-8-10-19(11-9-17)28-23(30)21(26-24(28)31)13-18-15-27(16(2)29)22-7-5-4-6-20(18)22/h3-11,14-15,21H,1,12-13H2,2H3,(H,26,31). The van der Waals surface area contributed by atoms with Crippen LogP contribution in [0.1, 0.15) is 22.8 Å². The summed E-state index contributed by atoms with van der Waals surface area (Å²) in [5, 5.41) is 7.44. The van der Waals surface area contributed by atoms with Crippen LogP contribution in [0.25, 0.3) is 10.9 Å². The third kappa shape index (κ3) is 4.02. The van der Waals surface area contributed by atoms with Gasteiger partial charge in [0.15, 0.2) is 0 Å². The van der Waals surface area contributed by atoms with Crippen molar-refractivity contribution in [3.63, 3.8) is 0 Å². The van der Waals surface area contributed by atoms with Crippen molar-refractivity contribution in [2.45, 2.75) is 19.4 Å². The molecular weight excluding hydrogens is 408 g/mol. The average Bonchev–Trinajstić information content (AvgIpc) is 3.29. The SMILES string of the molecule is C=CCON=Cc1ccc(N2C(=O)NC(Cc3cn(C(C)=O)c4ccccc34)C2=O)cc1. The topological polar surface area (TPSA) is 93.0 Å². The van der Waals surface area contributed by atoms with Gasteiger partial charge in [-0.1, -0.05) is 48.1 Å². The highest BCUT2D eigenvalue weighted by molar-refractivity contribution is 6.21. The van der Waals surface area contributed by atoms with Crippen LogP contribution in [0, 0.1) is 0 Å². The Morgan fingerprint density at radius 2 is 1.94 bits per heavy atom. The van der Waals surface area contributed by atoms with Crippen molar-refractivity contribution < 1.29 is 19.2 Å². The number of hydrogen-bond donors (Lipinski definition) is 1. The Bertz CT molecular complexity index is 1230. The number of nitrogens with zero attached hydrogens (tertiary/aromatic N) is 3. The maximum atomic E-state index is 13.0. The molecule has 0 radical (unpaired) electrons. The number of oxime groups is 1. The average molecular weight is 430 g/mol. The van der Waals surface area contributed by atoms with Crippen LogP contribution < -0.4 is 10.2 Å². The molecule has 0 bridgehead atoms. The third-order valence-corrected chi connectivity index (χ3v) is 5.20. The van der Waals surface area contributed by atoms with Gasteiger partial charge in [-0.25, -0.2) is 9.69 Å². The van der Waals surface area contributed by atoms with Crippen molar-refractivity contribution in [2.24, 2.45) is 5.16 Å². The smallest absolute Gasteiger partial charge is 0.329 e. The lowest BCUT2D eigenvalue weighted by molar-refractivity contribution is -0.118. The Morgan fingerprint density at radius 1 is 1.19 bits per heavy atom. The molecule has 1 aliphatic rings. The second-order valence-corrected chi connectivity index (χ2v) is 7.35. The zero-order valence-corrected chi connectivity index (χ0v) is 17.5. The number of aromatic nitrogens is 1. The van der Waals surface area contributed by atoms with Gasteiger partial charge >= 0.3 is 6.03 Å². The monoisotopic (exact) mass is 430 g/mol. The van der Waals surface area contributed by atoms with Gasteiger partial charge in [-0.2, -0.15) is 0 Å². The van der Waals surface area contributed by atoms with Crippen molar-refractivity contribution in [3.8, 4) is 0 Å². The van der Waals surface area contributed by atoms with Gasteiger partial charge in [-0.3, -0.25) is 14.2 Å². The van der Waals surface area contributed by atoms with E-state index in [-0.39, 0.29) is 18.2 Å². The number of fused-ring (bicyclic) bond motifs is 1. The zero-order chi connectivity index (χ0) is 22.7. The molecule has 8 heteroatoms. The van der Waals surface area contributed by atoms with Crippen LogP contribution in [-0.2, 0) is 16.1 Å². The van der Waals surface area contributed by atoms with E-state index in [4.69, 9.17) is 4.84 Å². The van der Waals surface area contributed by atoms with Gasteiger partial charge < -0.3 is 10.2 Å². The van der Waals surface area contributed by atoms with Crippen LogP contribution in [-0.4, -0.2) is 41.3 Å². The van der Waals surface area contributed by atoms with Crippen LogP contribution in [0.5, 0.6) is 0 Å². The summed E-state index contributed by atoms with van der Waals surface area (Å²) >= 11 is 0. The maximum Gasteiger partial charge on any atom is 0.329 e. The molecule has 32 heavy (non-hydrogen) atoms. The summed E-state index contributed by atoms with van der Waals surface area (Å²) in [5.74, 6) is -0.459. The number of para-hydroxylation sites is 1. The molecule has 3 aromatic rings. The van der Waals surface area contributed by atoms with Gasteiger partial charge in [0.05, 0.1) is 17.4 Å². The van der Waals surface area contributed by atoms with E-state index in [1.54, 1.807) is 41.1 Å². The summed E-state index contributed by atoms with van der Waals surface area (Å²) in [7, 11) is 0. The minimum absolute atomic E-state index is 0.116. The predicted octanol–water partition coefficient (Wildman–Crippen LogP) is 3.51. The molecule has 1 atom stereocenters. The van der Waals surface area contributed by atoms with Crippen LogP contribution in [0.3, 0.4) is 0 Å². The van der Waals surface area contributed by atoms with Crippen molar-refractivity contribution in [1.82, 2.24) is 9.88 Å². The minimum Gasteiger partial charge on any atom is -0.392 e. The predicted molar refractivity (Wildman–Crippen MR) is 122 cm³/mol. The van der Waals surface area contributed by atoms with Crippen LogP contribution in [0.15, 0.2) is 72.5 Å². The molecule has 2 heterocycles. The molecule has 1 aromatic heterocycles. The van der Waals surface area contributed by atoms with E-state index in [2.05, 4.69) is 17.1 Å². The fourth-order valence-electron chi connectivity index (χ4n) is 3.71. The molecule has 1 aliphatic heterocycles. The summed E-state index contributed by atoms with van der Waals surface area (Å²) in [4.78, 5) is 43.7. The van der Waals surface area contributed by atoms with Crippen molar-refractivity contribution in [3.05, 3.63) is 78.5 Å². The number of rotatable bonds is 7.